The molecule has 1 saturated carbocycles. The Hall–Kier alpha value is -1.63. The second-order valence-corrected chi connectivity index (χ2v) is 6.68. The summed E-state index contributed by atoms with van der Waals surface area (Å²) in [4.78, 5) is 40.1. The maximum Gasteiger partial charge on any atom is 0.325 e. The molecule has 0 aromatic heterocycles. The third-order valence-electron chi connectivity index (χ3n) is 5.35. The number of hydrogen-bond acceptors (Lipinski definition) is 4. The molecule has 2 unspecified atom stereocenters. The third kappa shape index (κ3) is 2.37. The van der Waals surface area contributed by atoms with Crippen LogP contribution >= 0.6 is 0 Å². The zero-order valence-corrected chi connectivity index (χ0v) is 13.2. The molecule has 2 saturated heterocycles. The van der Waals surface area contributed by atoms with Crippen LogP contribution in [-0.4, -0.2) is 64.9 Å². The highest BCUT2D eigenvalue weighted by molar-refractivity contribution is 6.09. The summed E-state index contributed by atoms with van der Waals surface area (Å²) in [6.07, 6.45) is 3.26. The lowest BCUT2D eigenvalue weighted by Gasteiger charge is -2.39. The van der Waals surface area contributed by atoms with Crippen molar-refractivity contribution in [3.8, 4) is 0 Å². The highest BCUT2D eigenvalue weighted by atomic mass is 16.2. The molecule has 1 spiro atoms. The van der Waals surface area contributed by atoms with Gasteiger partial charge in [-0.25, -0.2) is 4.79 Å². The van der Waals surface area contributed by atoms with Crippen molar-refractivity contribution in [1.82, 2.24) is 20.4 Å². The van der Waals surface area contributed by atoms with E-state index in [0.717, 1.165) is 24.3 Å². The van der Waals surface area contributed by atoms with Crippen molar-refractivity contribution in [3.63, 3.8) is 0 Å². The fourth-order valence-electron chi connectivity index (χ4n) is 3.77. The Morgan fingerprint density at radius 2 is 1.95 bits per heavy atom. The van der Waals surface area contributed by atoms with Crippen molar-refractivity contribution in [1.29, 1.82) is 0 Å². The molecular formula is C15H24N4O3. The van der Waals surface area contributed by atoms with Crippen LogP contribution in [0, 0.1) is 0 Å². The van der Waals surface area contributed by atoms with E-state index in [4.69, 9.17) is 0 Å². The molecule has 4 amide bonds. The average Bonchev–Trinajstić information content (AvgIpc) is 3.03. The van der Waals surface area contributed by atoms with Gasteiger partial charge in [0.1, 0.15) is 12.1 Å². The normalized spacial score (nSPS) is 31.0. The molecule has 7 heteroatoms. The van der Waals surface area contributed by atoms with E-state index in [9.17, 15) is 14.4 Å². The van der Waals surface area contributed by atoms with E-state index in [-0.39, 0.29) is 30.4 Å². The highest BCUT2D eigenvalue weighted by Crippen LogP contribution is 2.35. The number of piperazine rings is 1. The first-order valence-electron chi connectivity index (χ1n) is 8.11. The van der Waals surface area contributed by atoms with Crippen molar-refractivity contribution in [2.45, 2.75) is 57.2 Å². The fraction of sp³-hybridized carbons (Fsp3) is 0.800. The molecule has 0 bridgehead atoms. The summed E-state index contributed by atoms with van der Waals surface area (Å²) in [7, 11) is 0. The van der Waals surface area contributed by atoms with Crippen LogP contribution < -0.4 is 10.6 Å². The quantitative estimate of drug-likeness (QED) is 0.707. The molecule has 0 aromatic rings. The monoisotopic (exact) mass is 308 g/mol. The summed E-state index contributed by atoms with van der Waals surface area (Å²) in [5.74, 6) is -0.376. The SMILES string of the molecule is CC1NCCN(C(=O)CN2C(=O)NC3(CCCC3)C2=O)C1C. The first-order valence-corrected chi connectivity index (χ1v) is 8.11. The van der Waals surface area contributed by atoms with Gasteiger partial charge in [0.15, 0.2) is 0 Å². The summed E-state index contributed by atoms with van der Waals surface area (Å²) in [5.41, 5.74) is -0.736. The second-order valence-electron chi connectivity index (χ2n) is 6.68. The Kier molecular flexibility index (Phi) is 3.84. The maximum absolute atomic E-state index is 12.6. The van der Waals surface area contributed by atoms with E-state index in [1.165, 1.54) is 0 Å². The van der Waals surface area contributed by atoms with Crippen LogP contribution in [0.5, 0.6) is 0 Å². The number of nitrogens with zero attached hydrogens (tertiary/aromatic N) is 2. The van der Waals surface area contributed by atoms with E-state index < -0.39 is 11.6 Å². The maximum atomic E-state index is 12.6. The minimum Gasteiger partial charge on any atom is -0.336 e. The molecular weight excluding hydrogens is 284 g/mol. The Balaban J connectivity index is 1.69. The molecule has 2 atom stereocenters. The van der Waals surface area contributed by atoms with E-state index in [2.05, 4.69) is 10.6 Å². The molecule has 2 N–H and O–H groups in total. The van der Waals surface area contributed by atoms with Crippen LogP contribution in [0.2, 0.25) is 0 Å². The molecule has 122 valence electrons. The number of carbonyl (C=O) groups excluding carboxylic acids is 3. The highest BCUT2D eigenvalue weighted by Gasteiger charge is 2.53. The third-order valence-corrected chi connectivity index (χ3v) is 5.35. The zero-order valence-electron chi connectivity index (χ0n) is 13.2. The summed E-state index contributed by atoms with van der Waals surface area (Å²) in [6, 6.07) is -0.152. The minimum atomic E-state index is -0.736. The van der Waals surface area contributed by atoms with Crippen LogP contribution in [0.1, 0.15) is 39.5 Å². The van der Waals surface area contributed by atoms with Gasteiger partial charge in [0.05, 0.1) is 0 Å². The molecule has 0 aromatic carbocycles. The number of imide groups is 1. The topological polar surface area (TPSA) is 81.8 Å². The first-order chi connectivity index (χ1) is 10.4. The van der Waals surface area contributed by atoms with Gasteiger partial charge in [0.2, 0.25) is 5.91 Å². The Labute approximate surface area is 130 Å². The van der Waals surface area contributed by atoms with Crippen molar-refractivity contribution in [3.05, 3.63) is 0 Å². The zero-order chi connectivity index (χ0) is 15.9. The van der Waals surface area contributed by atoms with Gasteiger partial charge in [-0.2, -0.15) is 0 Å². The lowest BCUT2D eigenvalue weighted by atomic mass is 9.98. The number of hydrogen-bond donors (Lipinski definition) is 2. The summed E-state index contributed by atoms with van der Waals surface area (Å²) >= 11 is 0. The average molecular weight is 308 g/mol. The number of urea groups is 1. The Morgan fingerprint density at radius 1 is 1.27 bits per heavy atom. The lowest BCUT2D eigenvalue weighted by Crippen LogP contribution is -2.59. The summed E-state index contributed by atoms with van der Waals surface area (Å²) in [5, 5.41) is 6.13. The molecule has 22 heavy (non-hydrogen) atoms. The predicted octanol–water partition coefficient (Wildman–Crippen LogP) is 0.0598. The molecule has 2 heterocycles. The van der Waals surface area contributed by atoms with Crippen molar-refractivity contribution in [2.24, 2.45) is 0 Å². The molecule has 3 rings (SSSR count). The van der Waals surface area contributed by atoms with Gasteiger partial charge in [0, 0.05) is 25.2 Å². The number of rotatable bonds is 2. The van der Waals surface area contributed by atoms with Gasteiger partial charge >= 0.3 is 6.03 Å². The Morgan fingerprint density at radius 3 is 2.64 bits per heavy atom. The van der Waals surface area contributed by atoms with Gasteiger partial charge in [0.25, 0.3) is 5.91 Å². The molecule has 2 aliphatic heterocycles. The van der Waals surface area contributed by atoms with Crippen molar-refractivity contribution >= 4 is 17.8 Å². The van der Waals surface area contributed by atoms with Gasteiger partial charge in [-0.1, -0.05) is 12.8 Å². The van der Waals surface area contributed by atoms with Crippen LogP contribution in [0.3, 0.4) is 0 Å². The van der Waals surface area contributed by atoms with E-state index >= 15 is 0 Å². The molecule has 0 radical (unpaired) electrons. The summed E-state index contributed by atoms with van der Waals surface area (Å²) < 4.78 is 0. The van der Waals surface area contributed by atoms with Crippen LogP contribution in [0.4, 0.5) is 4.79 Å². The van der Waals surface area contributed by atoms with Gasteiger partial charge in [-0.3, -0.25) is 14.5 Å². The van der Waals surface area contributed by atoms with Gasteiger partial charge in [-0.15, -0.1) is 0 Å². The molecule has 1 aliphatic carbocycles. The largest absolute Gasteiger partial charge is 0.336 e. The second kappa shape index (κ2) is 5.53. The van der Waals surface area contributed by atoms with Gasteiger partial charge in [-0.05, 0) is 26.7 Å². The number of amides is 4. The van der Waals surface area contributed by atoms with Crippen molar-refractivity contribution in [2.75, 3.05) is 19.6 Å². The smallest absolute Gasteiger partial charge is 0.325 e. The Bertz CT molecular complexity index is 501. The molecule has 3 fully saturated rings. The minimum absolute atomic E-state index is 0.0578. The van der Waals surface area contributed by atoms with Gasteiger partial charge < -0.3 is 15.5 Å². The first kappa shape index (κ1) is 15.3. The molecule has 3 aliphatic rings. The van der Waals surface area contributed by atoms with E-state index in [1.54, 1.807) is 4.90 Å². The number of nitrogens with one attached hydrogen (secondary N) is 2. The van der Waals surface area contributed by atoms with Crippen LogP contribution in [-0.2, 0) is 9.59 Å². The van der Waals surface area contributed by atoms with Crippen LogP contribution in [0.25, 0.3) is 0 Å². The van der Waals surface area contributed by atoms with E-state index in [0.29, 0.717) is 19.4 Å². The van der Waals surface area contributed by atoms with E-state index in [1.807, 2.05) is 13.8 Å². The lowest BCUT2D eigenvalue weighted by molar-refractivity contribution is -0.141. The fourth-order valence-corrected chi connectivity index (χ4v) is 3.77. The standard InChI is InChI=1S/C15H24N4O3/c1-10-11(2)18(8-7-16-10)12(20)9-19-13(21)15(17-14(19)22)5-3-4-6-15/h10-11,16H,3-9H2,1-2H3,(H,17,22). The summed E-state index contributed by atoms with van der Waals surface area (Å²) in [6.45, 7) is 5.22. The molecule has 7 nitrogen and oxygen atoms in total. The van der Waals surface area contributed by atoms with Crippen molar-refractivity contribution < 1.29 is 14.4 Å². The predicted molar refractivity (Wildman–Crippen MR) is 80.1 cm³/mol. The number of carbonyl (C=O) groups is 3. The van der Waals surface area contributed by atoms with Crippen LogP contribution in [0.15, 0.2) is 0 Å².